The van der Waals surface area contributed by atoms with Crippen molar-refractivity contribution in [3.63, 3.8) is 0 Å². The monoisotopic (exact) mass is 340 g/mol. The van der Waals surface area contributed by atoms with Gasteiger partial charge in [0, 0.05) is 15.5 Å². The van der Waals surface area contributed by atoms with Gasteiger partial charge in [-0.2, -0.15) is 0 Å². The summed E-state index contributed by atoms with van der Waals surface area (Å²) in [5, 5.41) is 11.1. The number of thiophene rings is 1. The number of carboxylic acids is 1. The van der Waals surface area contributed by atoms with Crippen LogP contribution in [0.15, 0.2) is 40.1 Å². The minimum Gasteiger partial charge on any atom is -0.476 e. The van der Waals surface area contributed by atoms with Crippen molar-refractivity contribution in [2.24, 2.45) is 0 Å². The van der Waals surface area contributed by atoms with E-state index in [2.05, 4.69) is 9.71 Å². The molecule has 0 atom stereocenters. The Bertz CT molecular complexity index is 927. The summed E-state index contributed by atoms with van der Waals surface area (Å²) in [5.41, 5.74) is 0.982. The Morgan fingerprint density at radius 3 is 2.76 bits per heavy atom. The third kappa shape index (κ3) is 2.50. The van der Waals surface area contributed by atoms with Gasteiger partial charge in [-0.05, 0) is 6.07 Å². The lowest BCUT2D eigenvalue weighted by Gasteiger charge is -2.05. The molecule has 9 heteroatoms. The molecule has 6 nitrogen and oxygen atoms in total. The van der Waals surface area contributed by atoms with E-state index in [0.717, 1.165) is 16.0 Å². The van der Waals surface area contributed by atoms with Gasteiger partial charge in [0.05, 0.1) is 5.51 Å². The van der Waals surface area contributed by atoms with E-state index < -0.39 is 16.0 Å². The first kappa shape index (κ1) is 14.0. The highest BCUT2D eigenvalue weighted by molar-refractivity contribution is 7.93. The van der Waals surface area contributed by atoms with Gasteiger partial charge in [0.2, 0.25) is 0 Å². The molecule has 2 N–H and O–H groups in total. The topological polar surface area (TPSA) is 96.4 Å². The standard InChI is InChI=1S/C12H8N2O4S3/c15-12(16)10-11(20-6-13-10)14-21(17,18)9-5-19-8-4-2-1-3-7(8)9/h1-6,14H,(H,15,16). The molecule has 0 amide bonds. The van der Waals surface area contributed by atoms with Crippen molar-refractivity contribution in [1.29, 1.82) is 0 Å². The van der Waals surface area contributed by atoms with Crippen molar-refractivity contribution in [3.8, 4) is 0 Å². The Labute approximate surface area is 127 Å². The molecular formula is C12H8N2O4S3. The Kier molecular flexibility index (Phi) is 3.40. The van der Waals surface area contributed by atoms with Gasteiger partial charge in [-0.15, -0.1) is 22.7 Å². The molecule has 0 saturated carbocycles. The maximum absolute atomic E-state index is 12.4. The summed E-state index contributed by atoms with van der Waals surface area (Å²) in [6.07, 6.45) is 0. The molecule has 0 aliphatic heterocycles. The first-order valence-corrected chi connectivity index (χ1v) is 8.89. The summed E-state index contributed by atoms with van der Waals surface area (Å²) < 4.78 is 28.0. The number of carbonyl (C=O) groups is 1. The number of thiazole rings is 1. The minimum absolute atomic E-state index is 0.00205. The molecule has 1 aromatic carbocycles. The molecule has 2 heterocycles. The fourth-order valence-corrected chi connectivity index (χ4v) is 5.30. The van der Waals surface area contributed by atoms with Gasteiger partial charge in [-0.1, -0.05) is 18.2 Å². The maximum Gasteiger partial charge on any atom is 0.357 e. The van der Waals surface area contributed by atoms with E-state index >= 15 is 0 Å². The summed E-state index contributed by atoms with van der Waals surface area (Å²) in [6.45, 7) is 0. The number of hydrogen-bond donors (Lipinski definition) is 2. The van der Waals surface area contributed by atoms with Gasteiger partial charge in [0.15, 0.2) is 5.69 Å². The van der Waals surface area contributed by atoms with Crippen LogP contribution in [0.25, 0.3) is 10.1 Å². The molecule has 0 aliphatic rings. The zero-order valence-electron chi connectivity index (χ0n) is 10.3. The number of rotatable bonds is 4. The largest absolute Gasteiger partial charge is 0.476 e. The average Bonchev–Trinajstić information content (AvgIpc) is 3.04. The van der Waals surface area contributed by atoms with Crippen LogP contribution >= 0.6 is 22.7 Å². The second-order valence-electron chi connectivity index (χ2n) is 4.04. The van der Waals surface area contributed by atoms with Gasteiger partial charge in [-0.25, -0.2) is 18.2 Å². The number of nitrogens with one attached hydrogen (secondary N) is 1. The predicted octanol–water partition coefficient (Wildman–Crippen LogP) is 2.86. The van der Waals surface area contributed by atoms with E-state index in [4.69, 9.17) is 5.11 Å². The second-order valence-corrected chi connectivity index (χ2v) is 7.45. The first-order valence-electron chi connectivity index (χ1n) is 5.65. The van der Waals surface area contributed by atoms with E-state index in [9.17, 15) is 13.2 Å². The van der Waals surface area contributed by atoms with Crippen LogP contribution in [-0.2, 0) is 10.0 Å². The number of benzene rings is 1. The second kappa shape index (κ2) is 5.10. The lowest BCUT2D eigenvalue weighted by Crippen LogP contribution is -2.14. The van der Waals surface area contributed by atoms with Crippen molar-refractivity contribution in [2.75, 3.05) is 4.72 Å². The van der Waals surface area contributed by atoms with Gasteiger partial charge < -0.3 is 5.11 Å². The molecule has 3 rings (SSSR count). The quantitative estimate of drug-likeness (QED) is 0.761. The fraction of sp³-hybridized carbons (Fsp3) is 0. The SMILES string of the molecule is O=C(O)c1ncsc1NS(=O)(=O)c1csc2ccccc12. The molecule has 108 valence electrons. The molecule has 0 radical (unpaired) electrons. The van der Waals surface area contributed by atoms with E-state index in [0.29, 0.717) is 5.39 Å². The van der Waals surface area contributed by atoms with E-state index in [1.165, 1.54) is 22.2 Å². The molecule has 2 aromatic heterocycles. The Morgan fingerprint density at radius 2 is 2.00 bits per heavy atom. The maximum atomic E-state index is 12.4. The fourth-order valence-electron chi connectivity index (χ4n) is 1.81. The Balaban J connectivity index is 2.05. The molecule has 0 fully saturated rings. The van der Waals surface area contributed by atoms with Crippen LogP contribution in [0.3, 0.4) is 0 Å². The summed E-state index contributed by atoms with van der Waals surface area (Å²) in [7, 11) is -3.86. The van der Waals surface area contributed by atoms with Crippen molar-refractivity contribution >= 4 is 53.8 Å². The number of carboxylic acid groups (broad SMARTS) is 1. The summed E-state index contributed by atoms with van der Waals surface area (Å²) >= 11 is 2.24. The number of nitrogens with zero attached hydrogens (tertiary/aromatic N) is 1. The molecule has 0 spiro atoms. The van der Waals surface area contributed by atoms with Gasteiger partial charge in [-0.3, -0.25) is 4.72 Å². The van der Waals surface area contributed by atoms with Gasteiger partial charge >= 0.3 is 5.97 Å². The number of aromatic carboxylic acids is 1. The van der Waals surface area contributed by atoms with Crippen LogP contribution in [-0.4, -0.2) is 24.5 Å². The van der Waals surface area contributed by atoms with Crippen LogP contribution in [0.4, 0.5) is 5.00 Å². The highest BCUT2D eigenvalue weighted by Gasteiger charge is 2.23. The lowest BCUT2D eigenvalue weighted by atomic mass is 10.3. The van der Waals surface area contributed by atoms with E-state index in [-0.39, 0.29) is 15.6 Å². The van der Waals surface area contributed by atoms with Crippen LogP contribution in [0.1, 0.15) is 10.5 Å². The smallest absolute Gasteiger partial charge is 0.357 e. The normalized spacial score (nSPS) is 11.6. The molecule has 0 saturated heterocycles. The molecular weight excluding hydrogens is 332 g/mol. The number of sulfonamides is 1. The lowest BCUT2D eigenvalue weighted by molar-refractivity contribution is 0.0692. The third-order valence-electron chi connectivity index (χ3n) is 2.73. The highest BCUT2D eigenvalue weighted by Crippen LogP contribution is 2.31. The average molecular weight is 340 g/mol. The van der Waals surface area contributed by atoms with Crippen LogP contribution in [0.2, 0.25) is 0 Å². The van der Waals surface area contributed by atoms with Crippen molar-refractivity contribution < 1.29 is 18.3 Å². The molecule has 3 aromatic rings. The zero-order valence-corrected chi connectivity index (χ0v) is 12.8. The van der Waals surface area contributed by atoms with Crippen molar-refractivity contribution in [1.82, 2.24) is 4.98 Å². The van der Waals surface area contributed by atoms with E-state index in [1.807, 2.05) is 12.1 Å². The summed E-state index contributed by atoms with van der Waals surface area (Å²) in [6, 6.07) is 7.12. The number of anilines is 1. The first-order chi connectivity index (χ1) is 9.99. The molecule has 0 aliphatic carbocycles. The third-order valence-corrected chi connectivity index (χ3v) is 6.11. The van der Waals surface area contributed by atoms with E-state index in [1.54, 1.807) is 12.1 Å². The van der Waals surface area contributed by atoms with Crippen LogP contribution in [0.5, 0.6) is 0 Å². The van der Waals surface area contributed by atoms with Crippen molar-refractivity contribution in [3.05, 3.63) is 40.8 Å². The Hall–Kier alpha value is -1.97. The number of aromatic nitrogens is 1. The highest BCUT2D eigenvalue weighted by atomic mass is 32.2. The zero-order chi connectivity index (χ0) is 15.0. The summed E-state index contributed by atoms with van der Waals surface area (Å²) in [5.74, 6) is -1.27. The molecule has 0 unspecified atom stereocenters. The minimum atomic E-state index is -3.86. The van der Waals surface area contributed by atoms with Gasteiger partial charge in [0.1, 0.15) is 9.90 Å². The van der Waals surface area contributed by atoms with Crippen LogP contribution < -0.4 is 4.72 Å². The number of fused-ring (bicyclic) bond motifs is 1. The molecule has 0 bridgehead atoms. The predicted molar refractivity (Wildman–Crippen MR) is 81.7 cm³/mol. The number of hydrogen-bond acceptors (Lipinski definition) is 6. The summed E-state index contributed by atoms with van der Waals surface area (Å²) in [4.78, 5) is 14.7. The van der Waals surface area contributed by atoms with Crippen LogP contribution in [0, 0.1) is 0 Å². The Morgan fingerprint density at radius 1 is 1.24 bits per heavy atom. The molecule has 21 heavy (non-hydrogen) atoms. The van der Waals surface area contributed by atoms with Crippen molar-refractivity contribution in [2.45, 2.75) is 4.90 Å². The van der Waals surface area contributed by atoms with Gasteiger partial charge in [0.25, 0.3) is 10.0 Å².